The van der Waals surface area contributed by atoms with E-state index in [9.17, 15) is 4.39 Å². The number of aromatic nitrogens is 1. The Bertz CT molecular complexity index is 555. The lowest BCUT2D eigenvalue weighted by atomic mass is 9.88. The van der Waals surface area contributed by atoms with Gasteiger partial charge in [0, 0.05) is 23.5 Å². The minimum atomic E-state index is -0.216. The van der Waals surface area contributed by atoms with Crippen molar-refractivity contribution >= 4 is 11.3 Å². The van der Waals surface area contributed by atoms with E-state index in [-0.39, 0.29) is 11.2 Å². The molecular formula is C16H21FN2S. The van der Waals surface area contributed by atoms with Crippen LogP contribution in [0.4, 0.5) is 4.39 Å². The number of benzene rings is 1. The van der Waals surface area contributed by atoms with Gasteiger partial charge in [-0.25, -0.2) is 9.37 Å². The Labute approximate surface area is 124 Å². The van der Waals surface area contributed by atoms with Gasteiger partial charge in [0.15, 0.2) is 0 Å². The first-order valence-electron chi connectivity index (χ1n) is 6.80. The van der Waals surface area contributed by atoms with Crippen molar-refractivity contribution < 1.29 is 4.39 Å². The third-order valence-electron chi connectivity index (χ3n) is 3.53. The van der Waals surface area contributed by atoms with Crippen LogP contribution in [0.3, 0.4) is 0 Å². The van der Waals surface area contributed by atoms with Crippen LogP contribution < -0.4 is 5.32 Å². The summed E-state index contributed by atoms with van der Waals surface area (Å²) in [5.41, 5.74) is 2.23. The molecule has 108 valence electrons. The summed E-state index contributed by atoms with van der Waals surface area (Å²) < 4.78 is 12.9. The Hall–Kier alpha value is -1.26. The maximum Gasteiger partial charge on any atom is 0.123 e. The highest BCUT2D eigenvalue weighted by atomic mass is 32.1. The Morgan fingerprint density at radius 2 is 1.90 bits per heavy atom. The van der Waals surface area contributed by atoms with E-state index < -0.39 is 0 Å². The molecule has 0 amide bonds. The third-order valence-corrected chi connectivity index (χ3v) is 4.47. The van der Waals surface area contributed by atoms with Gasteiger partial charge in [-0.15, -0.1) is 11.3 Å². The van der Waals surface area contributed by atoms with E-state index in [4.69, 9.17) is 0 Å². The quantitative estimate of drug-likeness (QED) is 0.899. The molecule has 1 unspecified atom stereocenters. The summed E-state index contributed by atoms with van der Waals surface area (Å²) in [5, 5.41) is 6.49. The van der Waals surface area contributed by atoms with E-state index in [1.165, 1.54) is 12.1 Å². The molecule has 4 heteroatoms. The van der Waals surface area contributed by atoms with Crippen molar-refractivity contribution in [3.05, 3.63) is 41.2 Å². The summed E-state index contributed by atoms with van der Waals surface area (Å²) in [6, 6.07) is 6.89. The average molecular weight is 292 g/mol. The molecule has 0 saturated heterocycles. The molecule has 1 heterocycles. The summed E-state index contributed by atoms with van der Waals surface area (Å²) >= 11 is 1.59. The molecule has 1 aromatic heterocycles. The van der Waals surface area contributed by atoms with E-state index in [1.807, 2.05) is 0 Å². The van der Waals surface area contributed by atoms with Gasteiger partial charge in [0.25, 0.3) is 0 Å². The molecule has 2 rings (SSSR count). The summed E-state index contributed by atoms with van der Waals surface area (Å²) in [7, 11) is 0. The van der Waals surface area contributed by atoms with Gasteiger partial charge in [0.05, 0.1) is 5.69 Å². The topological polar surface area (TPSA) is 24.9 Å². The minimum absolute atomic E-state index is 0.216. The second kappa shape index (κ2) is 6.02. The first-order chi connectivity index (χ1) is 9.36. The molecule has 0 spiro atoms. The monoisotopic (exact) mass is 292 g/mol. The van der Waals surface area contributed by atoms with Crippen molar-refractivity contribution in [1.82, 2.24) is 10.3 Å². The van der Waals surface area contributed by atoms with Crippen LogP contribution in [-0.4, -0.2) is 11.0 Å². The molecule has 0 aliphatic carbocycles. The lowest BCUT2D eigenvalue weighted by molar-refractivity contribution is 0.284. The molecule has 0 fully saturated rings. The standard InChI is InChI=1S/C16H21FN2S/c1-11(16(2,3)4)18-9-14-10-20-15(19-14)12-5-7-13(17)8-6-12/h5-8,10-11,18H,9H2,1-4H3. The molecule has 0 aliphatic heterocycles. The highest BCUT2D eigenvalue weighted by molar-refractivity contribution is 7.13. The fraction of sp³-hybridized carbons (Fsp3) is 0.438. The molecule has 1 aromatic carbocycles. The molecule has 2 aromatic rings. The fourth-order valence-corrected chi connectivity index (χ4v) is 2.50. The van der Waals surface area contributed by atoms with E-state index in [0.717, 1.165) is 22.8 Å². The van der Waals surface area contributed by atoms with Gasteiger partial charge in [0.2, 0.25) is 0 Å². The number of thiazole rings is 1. The lowest BCUT2D eigenvalue weighted by Gasteiger charge is -2.27. The van der Waals surface area contributed by atoms with Crippen molar-refractivity contribution in [3.8, 4) is 10.6 Å². The SMILES string of the molecule is CC(NCc1csc(-c2ccc(F)cc2)n1)C(C)(C)C. The maximum absolute atomic E-state index is 12.9. The van der Waals surface area contributed by atoms with Crippen LogP contribution >= 0.6 is 11.3 Å². The molecule has 20 heavy (non-hydrogen) atoms. The first kappa shape index (κ1) is 15.1. The highest BCUT2D eigenvalue weighted by Gasteiger charge is 2.19. The molecule has 1 N–H and O–H groups in total. The number of nitrogens with one attached hydrogen (secondary N) is 1. The maximum atomic E-state index is 12.9. The first-order valence-corrected chi connectivity index (χ1v) is 7.68. The Morgan fingerprint density at radius 1 is 1.25 bits per heavy atom. The summed E-state index contributed by atoms with van der Waals surface area (Å²) in [6.45, 7) is 9.60. The zero-order valence-corrected chi connectivity index (χ0v) is 13.2. The molecule has 1 atom stereocenters. The minimum Gasteiger partial charge on any atom is -0.308 e. The number of hydrogen-bond donors (Lipinski definition) is 1. The van der Waals surface area contributed by atoms with Crippen molar-refractivity contribution in [2.24, 2.45) is 5.41 Å². The van der Waals surface area contributed by atoms with Gasteiger partial charge in [-0.3, -0.25) is 0 Å². The summed E-state index contributed by atoms with van der Waals surface area (Å²) in [4.78, 5) is 4.60. The van der Waals surface area contributed by atoms with Gasteiger partial charge >= 0.3 is 0 Å². The fourth-order valence-electron chi connectivity index (χ4n) is 1.68. The van der Waals surface area contributed by atoms with E-state index in [1.54, 1.807) is 23.5 Å². The van der Waals surface area contributed by atoms with Gasteiger partial charge in [-0.1, -0.05) is 20.8 Å². The normalized spacial score (nSPS) is 13.4. The molecule has 0 saturated carbocycles. The third kappa shape index (κ3) is 3.87. The van der Waals surface area contributed by atoms with Gasteiger partial charge in [0.1, 0.15) is 10.8 Å². The largest absolute Gasteiger partial charge is 0.308 e. The molecular weight excluding hydrogens is 271 g/mol. The predicted molar refractivity (Wildman–Crippen MR) is 83.3 cm³/mol. The lowest BCUT2D eigenvalue weighted by Crippen LogP contribution is -2.37. The van der Waals surface area contributed by atoms with Crippen LogP contribution in [0.25, 0.3) is 10.6 Å². The van der Waals surface area contributed by atoms with Crippen LogP contribution in [0.5, 0.6) is 0 Å². The molecule has 0 aliphatic rings. The van der Waals surface area contributed by atoms with E-state index >= 15 is 0 Å². The molecule has 0 radical (unpaired) electrons. The number of hydrogen-bond acceptors (Lipinski definition) is 3. The molecule has 0 bridgehead atoms. The van der Waals surface area contributed by atoms with Crippen LogP contribution in [0, 0.1) is 11.2 Å². The van der Waals surface area contributed by atoms with E-state index in [2.05, 4.69) is 43.4 Å². The number of rotatable bonds is 4. The van der Waals surface area contributed by atoms with Crippen LogP contribution in [-0.2, 0) is 6.54 Å². The predicted octanol–water partition coefficient (Wildman–Crippen LogP) is 4.47. The number of halogens is 1. The molecule has 2 nitrogen and oxygen atoms in total. The van der Waals surface area contributed by atoms with Crippen LogP contribution in [0.1, 0.15) is 33.4 Å². The summed E-state index contributed by atoms with van der Waals surface area (Å²) in [6.07, 6.45) is 0. The van der Waals surface area contributed by atoms with Crippen molar-refractivity contribution in [2.45, 2.75) is 40.3 Å². The Balaban J connectivity index is 2.01. The smallest absolute Gasteiger partial charge is 0.123 e. The van der Waals surface area contributed by atoms with Crippen molar-refractivity contribution in [2.75, 3.05) is 0 Å². The van der Waals surface area contributed by atoms with Gasteiger partial charge < -0.3 is 5.32 Å². The summed E-state index contributed by atoms with van der Waals surface area (Å²) in [5.74, 6) is -0.216. The average Bonchev–Trinajstić information content (AvgIpc) is 2.84. The van der Waals surface area contributed by atoms with Crippen molar-refractivity contribution in [1.29, 1.82) is 0 Å². The van der Waals surface area contributed by atoms with Crippen LogP contribution in [0.2, 0.25) is 0 Å². The zero-order chi connectivity index (χ0) is 14.8. The van der Waals surface area contributed by atoms with Gasteiger partial charge in [-0.05, 0) is 36.6 Å². The van der Waals surface area contributed by atoms with Crippen LogP contribution in [0.15, 0.2) is 29.6 Å². The van der Waals surface area contributed by atoms with E-state index in [0.29, 0.717) is 6.04 Å². The second-order valence-electron chi connectivity index (χ2n) is 6.12. The zero-order valence-electron chi connectivity index (χ0n) is 12.4. The number of nitrogens with zero attached hydrogens (tertiary/aromatic N) is 1. The second-order valence-corrected chi connectivity index (χ2v) is 6.98. The van der Waals surface area contributed by atoms with Crippen molar-refractivity contribution in [3.63, 3.8) is 0 Å². The van der Waals surface area contributed by atoms with Gasteiger partial charge in [-0.2, -0.15) is 0 Å². The Kier molecular flexibility index (Phi) is 4.55. The highest BCUT2D eigenvalue weighted by Crippen LogP contribution is 2.24. The Morgan fingerprint density at radius 3 is 2.50 bits per heavy atom.